The number of halogens is 1. The number of likely N-dealkylation sites (N-methyl/N-ethyl adjacent to an activating group) is 1. The lowest BCUT2D eigenvalue weighted by molar-refractivity contribution is -0.144. The molecule has 0 radical (unpaired) electrons. The summed E-state index contributed by atoms with van der Waals surface area (Å²) in [5, 5.41) is 21.6. The van der Waals surface area contributed by atoms with Crippen LogP contribution in [0.15, 0.2) is 30.5 Å². The minimum Gasteiger partial charge on any atom is -0.391 e. The van der Waals surface area contributed by atoms with Crippen LogP contribution in [0.2, 0.25) is 5.02 Å². The number of aromatic nitrogens is 3. The van der Waals surface area contributed by atoms with Crippen molar-refractivity contribution in [1.82, 2.24) is 25.2 Å². The molecule has 1 aromatic heterocycles. The number of carbonyl (C=O) groups is 2. The molecule has 1 saturated heterocycles. The highest BCUT2D eigenvalue weighted by Crippen LogP contribution is 2.35. The van der Waals surface area contributed by atoms with Crippen molar-refractivity contribution < 1.29 is 14.7 Å². The van der Waals surface area contributed by atoms with Crippen LogP contribution in [-0.4, -0.2) is 62.6 Å². The minimum atomic E-state index is -0.740. The molecular weight excluding hydrogens is 394 g/mol. The molecule has 1 fully saturated rings. The summed E-state index contributed by atoms with van der Waals surface area (Å²) in [5.41, 5.74) is 0.769. The number of rotatable bonds is 4. The average molecular weight is 420 g/mol. The molecular formula is C20H26ClN5O3. The van der Waals surface area contributed by atoms with Crippen molar-refractivity contribution in [2.75, 3.05) is 13.6 Å². The van der Waals surface area contributed by atoms with Gasteiger partial charge in [-0.05, 0) is 11.5 Å². The molecule has 9 heteroatoms. The predicted molar refractivity (Wildman–Crippen MR) is 109 cm³/mol. The van der Waals surface area contributed by atoms with E-state index in [4.69, 9.17) is 11.6 Å². The lowest BCUT2D eigenvalue weighted by Crippen LogP contribution is -2.49. The lowest BCUT2D eigenvalue weighted by Gasteiger charge is -2.34. The van der Waals surface area contributed by atoms with Crippen LogP contribution in [0.3, 0.4) is 0 Å². The molecule has 2 amide bonds. The van der Waals surface area contributed by atoms with Crippen molar-refractivity contribution in [1.29, 1.82) is 0 Å². The predicted octanol–water partition coefficient (Wildman–Crippen LogP) is 1.89. The summed E-state index contributed by atoms with van der Waals surface area (Å²) in [4.78, 5) is 27.2. The number of β-amino-alcohol motifs (C(OH)–C–C–N with tert-alkyl or cyclic N) is 1. The van der Waals surface area contributed by atoms with Crippen LogP contribution in [0.25, 0.3) is 11.3 Å². The van der Waals surface area contributed by atoms with E-state index in [0.29, 0.717) is 10.7 Å². The van der Waals surface area contributed by atoms with Crippen molar-refractivity contribution in [2.24, 2.45) is 5.41 Å². The standard InChI is InChI=1S/C20H26ClN5O3/c1-20(2,3)17(19(29)25-10-12(27)9-16(25)18(28)22-4)26-11-15(23-24-26)13-7-5-6-8-14(13)21/h5-8,11-12,16-17,27H,9-10H2,1-4H3,(H,22,28)/t12?,16?,17-/m1/s1. The number of nitrogens with zero attached hydrogens (tertiary/aromatic N) is 4. The van der Waals surface area contributed by atoms with Gasteiger partial charge in [-0.3, -0.25) is 9.59 Å². The van der Waals surface area contributed by atoms with Crippen LogP contribution >= 0.6 is 11.6 Å². The van der Waals surface area contributed by atoms with Gasteiger partial charge in [0.15, 0.2) is 0 Å². The third-order valence-electron chi connectivity index (χ3n) is 5.09. The number of amides is 2. The molecule has 156 valence electrons. The van der Waals surface area contributed by atoms with Gasteiger partial charge >= 0.3 is 0 Å². The molecule has 1 aliphatic rings. The number of likely N-dealkylation sites (tertiary alicyclic amines) is 1. The Morgan fingerprint density at radius 2 is 2.00 bits per heavy atom. The Labute approximate surface area is 174 Å². The molecule has 0 saturated carbocycles. The Kier molecular flexibility index (Phi) is 5.95. The summed E-state index contributed by atoms with van der Waals surface area (Å²) in [6, 6.07) is 5.87. The topological polar surface area (TPSA) is 100 Å². The summed E-state index contributed by atoms with van der Waals surface area (Å²) in [6.07, 6.45) is 1.16. The first-order valence-corrected chi connectivity index (χ1v) is 9.88. The van der Waals surface area contributed by atoms with E-state index in [9.17, 15) is 14.7 Å². The average Bonchev–Trinajstić information content (AvgIpc) is 3.27. The number of aliphatic hydroxyl groups is 1. The number of aliphatic hydroxyl groups excluding tert-OH is 1. The summed E-state index contributed by atoms with van der Waals surface area (Å²) < 4.78 is 1.52. The minimum absolute atomic E-state index is 0.107. The Hall–Kier alpha value is -2.45. The highest BCUT2D eigenvalue weighted by molar-refractivity contribution is 6.33. The van der Waals surface area contributed by atoms with E-state index >= 15 is 0 Å². The first kappa shape index (κ1) is 21.3. The van der Waals surface area contributed by atoms with E-state index in [2.05, 4.69) is 15.6 Å². The van der Waals surface area contributed by atoms with E-state index in [0.717, 1.165) is 5.56 Å². The van der Waals surface area contributed by atoms with Gasteiger partial charge in [-0.2, -0.15) is 0 Å². The Morgan fingerprint density at radius 3 is 2.62 bits per heavy atom. The molecule has 0 spiro atoms. The molecule has 2 N–H and O–H groups in total. The first-order chi connectivity index (χ1) is 13.6. The second kappa shape index (κ2) is 8.12. The lowest BCUT2D eigenvalue weighted by atomic mass is 9.85. The van der Waals surface area contributed by atoms with Crippen LogP contribution in [0.4, 0.5) is 0 Å². The normalized spacial score (nSPS) is 20.6. The summed E-state index contributed by atoms with van der Waals surface area (Å²) in [7, 11) is 1.52. The van der Waals surface area contributed by atoms with Crippen LogP contribution in [0, 0.1) is 5.41 Å². The number of hydrogen-bond acceptors (Lipinski definition) is 5. The fraction of sp³-hybridized carbons (Fsp3) is 0.500. The van der Waals surface area contributed by atoms with Gasteiger partial charge in [0, 0.05) is 25.6 Å². The largest absolute Gasteiger partial charge is 0.391 e. The van der Waals surface area contributed by atoms with E-state index in [1.165, 1.54) is 16.6 Å². The number of benzene rings is 1. The van der Waals surface area contributed by atoms with Gasteiger partial charge in [0.25, 0.3) is 0 Å². The van der Waals surface area contributed by atoms with Crippen molar-refractivity contribution in [3.05, 3.63) is 35.5 Å². The quantitative estimate of drug-likeness (QED) is 0.788. The Balaban J connectivity index is 1.96. The molecule has 8 nitrogen and oxygen atoms in total. The van der Waals surface area contributed by atoms with E-state index in [1.54, 1.807) is 12.3 Å². The first-order valence-electron chi connectivity index (χ1n) is 9.50. The number of carbonyl (C=O) groups excluding carboxylic acids is 2. The molecule has 29 heavy (non-hydrogen) atoms. The van der Waals surface area contributed by atoms with E-state index < -0.39 is 23.6 Å². The highest BCUT2D eigenvalue weighted by atomic mass is 35.5. The molecule has 1 aromatic carbocycles. The molecule has 3 rings (SSSR count). The second-order valence-corrected chi connectivity index (χ2v) is 8.75. The van der Waals surface area contributed by atoms with Crippen LogP contribution in [0.1, 0.15) is 33.2 Å². The van der Waals surface area contributed by atoms with Gasteiger partial charge in [0.05, 0.1) is 17.3 Å². The van der Waals surface area contributed by atoms with Gasteiger partial charge < -0.3 is 15.3 Å². The second-order valence-electron chi connectivity index (χ2n) is 8.34. The van der Waals surface area contributed by atoms with Crippen molar-refractivity contribution in [3.63, 3.8) is 0 Å². The zero-order valence-corrected chi connectivity index (χ0v) is 17.7. The molecule has 3 atom stereocenters. The summed E-state index contributed by atoms with van der Waals surface area (Å²) in [6.45, 7) is 5.88. The maximum Gasteiger partial charge on any atom is 0.248 e. The zero-order chi connectivity index (χ0) is 21.3. The monoisotopic (exact) mass is 419 g/mol. The van der Waals surface area contributed by atoms with Gasteiger partial charge in [0.2, 0.25) is 11.8 Å². The molecule has 0 aliphatic carbocycles. The van der Waals surface area contributed by atoms with Gasteiger partial charge in [-0.15, -0.1) is 5.10 Å². The van der Waals surface area contributed by atoms with Crippen molar-refractivity contribution in [2.45, 2.75) is 45.4 Å². The van der Waals surface area contributed by atoms with Gasteiger partial charge in [-0.1, -0.05) is 55.8 Å². The Bertz CT molecular complexity index is 908. The third-order valence-corrected chi connectivity index (χ3v) is 5.42. The maximum absolute atomic E-state index is 13.5. The summed E-state index contributed by atoms with van der Waals surface area (Å²) in [5.74, 6) is -0.573. The highest BCUT2D eigenvalue weighted by Gasteiger charge is 2.45. The number of hydrogen-bond donors (Lipinski definition) is 2. The fourth-order valence-electron chi connectivity index (χ4n) is 3.71. The SMILES string of the molecule is CNC(=O)C1CC(O)CN1C(=O)[C@@H](n1cc(-c2ccccc2Cl)nn1)C(C)(C)C. The summed E-state index contributed by atoms with van der Waals surface area (Å²) >= 11 is 6.27. The van der Waals surface area contributed by atoms with Crippen molar-refractivity contribution in [3.8, 4) is 11.3 Å². The molecule has 2 aromatic rings. The molecule has 2 heterocycles. The molecule has 0 bridgehead atoms. The molecule has 2 unspecified atom stereocenters. The van der Waals surface area contributed by atoms with Gasteiger partial charge in [0.1, 0.15) is 17.8 Å². The Morgan fingerprint density at radius 1 is 1.31 bits per heavy atom. The van der Waals surface area contributed by atoms with E-state index in [-0.39, 0.29) is 24.8 Å². The fourth-order valence-corrected chi connectivity index (χ4v) is 3.94. The molecule has 1 aliphatic heterocycles. The van der Waals surface area contributed by atoms with Crippen LogP contribution in [-0.2, 0) is 9.59 Å². The van der Waals surface area contributed by atoms with Crippen LogP contribution in [0.5, 0.6) is 0 Å². The zero-order valence-electron chi connectivity index (χ0n) is 17.0. The van der Waals surface area contributed by atoms with Crippen LogP contribution < -0.4 is 5.32 Å². The smallest absolute Gasteiger partial charge is 0.248 e. The van der Waals surface area contributed by atoms with Gasteiger partial charge in [-0.25, -0.2) is 4.68 Å². The number of nitrogens with one attached hydrogen (secondary N) is 1. The third kappa shape index (κ3) is 4.28. The van der Waals surface area contributed by atoms with E-state index in [1.807, 2.05) is 39.0 Å². The maximum atomic E-state index is 13.5. The van der Waals surface area contributed by atoms with Crippen molar-refractivity contribution >= 4 is 23.4 Å².